The number of carboxylic acids is 1. The Morgan fingerprint density at radius 2 is 1.96 bits per heavy atom. The number of carboxylic acid groups (broad SMARTS) is 1. The summed E-state index contributed by atoms with van der Waals surface area (Å²) in [6.45, 7) is 0.455. The number of thioether (sulfide) groups is 1. The number of hydrogen-bond acceptors (Lipinski definition) is 5. The average molecular weight is 390 g/mol. The molecule has 0 aliphatic carbocycles. The number of piperidine rings is 1. The summed E-state index contributed by atoms with van der Waals surface area (Å²) in [6.07, 6.45) is 3.84. The molecule has 8 heteroatoms. The Hall–Kier alpha value is -2.19. The maximum absolute atomic E-state index is 12.7. The highest BCUT2D eigenvalue weighted by atomic mass is 32.2. The van der Waals surface area contributed by atoms with Crippen molar-refractivity contribution in [3.63, 3.8) is 0 Å². The Balaban J connectivity index is 1.77. The van der Waals surface area contributed by atoms with Gasteiger partial charge in [-0.3, -0.25) is 14.5 Å². The Labute approximate surface area is 160 Å². The van der Waals surface area contributed by atoms with Gasteiger partial charge in [0.2, 0.25) is 0 Å². The molecule has 1 aromatic rings. The van der Waals surface area contributed by atoms with Crippen molar-refractivity contribution in [2.45, 2.75) is 25.3 Å². The maximum Gasteiger partial charge on any atom is 0.326 e. The van der Waals surface area contributed by atoms with Gasteiger partial charge in [-0.25, -0.2) is 4.79 Å². The number of likely N-dealkylation sites (tertiary alicyclic amines) is 1. The van der Waals surface area contributed by atoms with Crippen molar-refractivity contribution < 1.29 is 19.5 Å². The lowest BCUT2D eigenvalue weighted by molar-refractivity contribution is -0.143. The van der Waals surface area contributed by atoms with Gasteiger partial charge in [-0.15, -0.1) is 0 Å². The summed E-state index contributed by atoms with van der Waals surface area (Å²) in [5.41, 5.74) is 1.22. The largest absolute Gasteiger partial charge is 0.480 e. The second-order valence-electron chi connectivity index (χ2n) is 6.21. The summed E-state index contributed by atoms with van der Waals surface area (Å²) in [7, 11) is 1.64. The molecule has 26 heavy (non-hydrogen) atoms. The van der Waals surface area contributed by atoms with Gasteiger partial charge in [0.15, 0.2) is 0 Å². The number of benzene rings is 1. The Kier molecular flexibility index (Phi) is 5.43. The first-order chi connectivity index (χ1) is 12.4. The van der Waals surface area contributed by atoms with E-state index in [1.165, 1.54) is 21.6 Å². The van der Waals surface area contributed by atoms with Crippen molar-refractivity contribution in [1.82, 2.24) is 9.80 Å². The second-order valence-corrected chi connectivity index (χ2v) is 7.89. The van der Waals surface area contributed by atoms with Gasteiger partial charge in [-0.05, 0) is 43.0 Å². The minimum Gasteiger partial charge on any atom is -0.480 e. The predicted molar refractivity (Wildman–Crippen MR) is 104 cm³/mol. The molecule has 2 amide bonds. The highest BCUT2D eigenvalue weighted by Gasteiger charge is 2.32. The van der Waals surface area contributed by atoms with Crippen LogP contribution in [0.1, 0.15) is 35.2 Å². The van der Waals surface area contributed by atoms with Gasteiger partial charge >= 0.3 is 5.97 Å². The van der Waals surface area contributed by atoms with Crippen LogP contribution in [0.4, 0.5) is 0 Å². The minimum absolute atomic E-state index is 0.141. The molecule has 1 unspecified atom stereocenters. The molecule has 136 valence electrons. The minimum atomic E-state index is -0.962. The molecule has 0 spiro atoms. The van der Waals surface area contributed by atoms with Crippen molar-refractivity contribution in [3.8, 4) is 0 Å². The number of hydrogen-bond donors (Lipinski definition) is 1. The van der Waals surface area contributed by atoms with Crippen LogP contribution in [0.3, 0.4) is 0 Å². The first-order valence-corrected chi connectivity index (χ1v) is 9.46. The van der Waals surface area contributed by atoms with Gasteiger partial charge in [0.05, 0.1) is 4.91 Å². The SMILES string of the molecule is CN1C(=O)C(=Cc2ccc(C(=O)N3CCCCC3C(=O)O)cc2)SC1=S. The number of likely N-dealkylation sites (N-methyl/N-ethyl adjacent to an activating group) is 1. The zero-order valence-electron chi connectivity index (χ0n) is 14.2. The fourth-order valence-corrected chi connectivity index (χ4v) is 4.20. The Morgan fingerprint density at radius 1 is 1.27 bits per heavy atom. The van der Waals surface area contributed by atoms with Crippen molar-refractivity contribution in [2.24, 2.45) is 0 Å². The number of carbonyl (C=O) groups excluding carboxylic acids is 2. The number of rotatable bonds is 3. The average Bonchev–Trinajstić information content (AvgIpc) is 2.88. The zero-order chi connectivity index (χ0) is 18.8. The van der Waals surface area contributed by atoms with Gasteiger partial charge in [-0.1, -0.05) is 36.1 Å². The van der Waals surface area contributed by atoms with Crippen molar-refractivity contribution in [3.05, 3.63) is 40.3 Å². The third kappa shape index (κ3) is 3.66. The van der Waals surface area contributed by atoms with Crippen LogP contribution >= 0.6 is 24.0 Å². The highest BCUT2D eigenvalue weighted by molar-refractivity contribution is 8.26. The molecule has 0 aromatic heterocycles. The second kappa shape index (κ2) is 7.59. The first-order valence-electron chi connectivity index (χ1n) is 8.24. The van der Waals surface area contributed by atoms with Crippen LogP contribution in [0.25, 0.3) is 6.08 Å². The van der Waals surface area contributed by atoms with E-state index in [0.29, 0.717) is 27.8 Å². The van der Waals surface area contributed by atoms with Gasteiger partial charge in [0.1, 0.15) is 10.4 Å². The summed E-state index contributed by atoms with van der Waals surface area (Å²) in [5.74, 6) is -1.38. The monoisotopic (exact) mass is 390 g/mol. The molecule has 1 atom stereocenters. The van der Waals surface area contributed by atoms with E-state index in [2.05, 4.69) is 0 Å². The summed E-state index contributed by atoms with van der Waals surface area (Å²) in [5, 5.41) is 9.33. The number of amides is 2. The summed E-state index contributed by atoms with van der Waals surface area (Å²) < 4.78 is 0.512. The highest BCUT2D eigenvalue weighted by Crippen LogP contribution is 2.31. The normalized spacial score (nSPS) is 22.2. The number of carbonyl (C=O) groups is 3. The molecular weight excluding hydrogens is 372 g/mol. The van der Waals surface area contributed by atoms with E-state index in [1.54, 1.807) is 37.4 Å². The number of thiocarbonyl (C=S) groups is 1. The van der Waals surface area contributed by atoms with E-state index in [-0.39, 0.29) is 11.8 Å². The van der Waals surface area contributed by atoms with Crippen LogP contribution in [-0.2, 0) is 9.59 Å². The standard InChI is InChI=1S/C18H18N2O4S2/c1-19-16(22)14(26-18(19)25)10-11-5-7-12(8-6-11)15(21)20-9-3-2-4-13(20)17(23)24/h5-8,10,13H,2-4,9H2,1H3,(H,23,24). The van der Waals surface area contributed by atoms with Gasteiger partial charge < -0.3 is 10.0 Å². The third-order valence-corrected chi connectivity index (χ3v) is 5.98. The lowest BCUT2D eigenvalue weighted by atomic mass is 10.0. The van der Waals surface area contributed by atoms with E-state index in [4.69, 9.17) is 12.2 Å². The van der Waals surface area contributed by atoms with Crippen LogP contribution < -0.4 is 0 Å². The van der Waals surface area contributed by atoms with Crippen LogP contribution in [0.15, 0.2) is 29.2 Å². The molecule has 1 aromatic carbocycles. The predicted octanol–water partition coefficient (Wildman–Crippen LogP) is 2.60. The third-order valence-electron chi connectivity index (χ3n) is 4.49. The molecule has 2 heterocycles. The van der Waals surface area contributed by atoms with Gasteiger partial charge in [-0.2, -0.15) is 0 Å². The van der Waals surface area contributed by atoms with E-state index in [0.717, 1.165) is 18.4 Å². The van der Waals surface area contributed by atoms with Crippen molar-refractivity contribution in [2.75, 3.05) is 13.6 Å². The van der Waals surface area contributed by atoms with E-state index in [9.17, 15) is 19.5 Å². The molecule has 0 radical (unpaired) electrons. The molecule has 2 aliphatic heterocycles. The van der Waals surface area contributed by atoms with E-state index >= 15 is 0 Å². The van der Waals surface area contributed by atoms with Crippen LogP contribution in [0.5, 0.6) is 0 Å². The number of aliphatic carboxylic acids is 1. The molecule has 3 rings (SSSR count). The van der Waals surface area contributed by atoms with E-state index in [1.807, 2.05) is 0 Å². The van der Waals surface area contributed by atoms with Crippen molar-refractivity contribution in [1.29, 1.82) is 0 Å². The topological polar surface area (TPSA) is 77.9 Å². The molecule has 1 N–H and O–H groups in total. The van der Waals surface area contributed by atoms with Crippen LogP contribution in [0, 0.1) is 0 Å². The molecule has 2 fully saturated rings. The molecule has 2 aliphatic rings. The Morgan fingerprint density at radius 3 is 2.54 bits per heavy atom. The molecular formula is C18H18N2O4S2. The number of nitrogens with zero attached hydrogens (tertiary/aromatic N) is 2. The smallest absolute Gasteiger partial charge is 0.326 e. The fourth-order valence-electron chi connectivity index (χ4n) is 3.02. The quantitative estimate of drug-likeness (QED) is 0.631. The van der Waals surface area contributed by atoms with Crippen molar-refractivity contribution >= 4 is 52.2 Å². The molecule has 0 bridgehead atoms. The first kappa shape index (κ1) is 18.6. The zero-order valence-corrected chi connectivity index (χ0v) is 15.8. The summed E-state index contributed by atoms with van der Waals surface area (Å²) in [6, 6.07) is 6.05. The summed E-state index contributed by atoms with van der Waals surface area (Å²) >= 11 is 6.34. The Bertz CT molecular complexity index is 804. The lowest BCUT2D eigenvalue weighted by Crippen LogP contribution is -2.47. The summed E-state index contributed by atoms with van der Waals surface area (Å²) in [4.78, 5) is 39.5. The molecule has 0 saturated carbocycles. The van der Waals surface area contributed by atoms with E-state index < -0.39 is 12.0 Å². The van der Waals surface area contributed by atoms with Gasteiger partial charge in [0.25, 0.3) is 11.8 Å². The maximum atomic E-state index is 12.7. The van der Waals surface area contributed by atoms with Crippen LogP contribution in [-0.4, -0.2) is 56.6 Å². The lowest BCUT2D eigenvalue weighted by Gasteiger charge is -2.33. The van der Waals surface area contributed by atoms with Crippen LogP contribution in [0.2, 0.25) is 0 Å². The fraction of sp³-hybridized carbons (Fsp3) is 0.333. The molecule has 2 saturated heterocycles. The van der Waals surface area contributed by atoms with Gasteiger partial charge in [0, 0.05) is 19.2 Å². The molecule has 6 nitrogen and oxygen atoms in total.